The number of likely N-dealkylation sites (tertiary alicyclic amines) is 1. The lowest BCUT2D eigenvalue weighted by Gasteiger charge is -2.25. The van der Waals surface area contributed by atoms with Gasteiger partial charge < -0.3 is 5.11 Å². The van der Waals surface area contributed by atoms with Gasteiger partial charge in [0.05, 0.1) is 6.42 Å². The second-order valence-corrected chi connectivity index (χ2v) is 4.69. The molecular formula is C14H19NO2. The number of hydrogen-bond donors (Lipinski definition) is 1. The zero-order valence-corrected chi connectivity index (χ0v) is 10.2. The fourth-order valence-electron chi connectivity index (χ4n) is 2.65. The average Bonchev–Trinajstić information content (AvgIpc) is 2.75. The van der Waals surface area contributed by atoms with Gasteiger partial charge in [0.25, 0.3) is 0 Å². The smallest absolute Gasteiger partial charge is 0.304 e. The van der Waals surface area contributed by atoms with Crippen LogP contribution in [0.4, 0.5) is 0 Å². The summed E-state index contributed by atoms with van der Waals surface area (Å²) < 4.78 is 0. The molecule has 0 radical (unpaired) electrons. The Bertz CT molecular complexity index is 403. The lowest BCUT2D eigenvalue weighted by atomic mass is 9.99. The van der Waals surface area contributed by atoms with E-state index < -0.39 is 5.97 Å². The minimum atomic E-state index is -0.708. The molecule has 0 spiro atoms. The van der Waals surface area contributed by atoms with Crippen molar-refractivity contribution in [2.45, 2.75) is 32.2 Å². The topological polar surface area (TPSA) is 40.5 Å². The van der Waals surface area contributed by atoms with Crippen LogP contribution in [0, 0.1) is 6.92 Å². The summed E-state index contributed by atoms with van der Waals surface area (Å²) in [7, 11) is 0. The minimum Gasteiger partial charge on any atom is -0.481 e. The maximum absolute atomic E-state index is 10.6. The van der Waals surface area contributed by atoms with Gasteiger partial charge in [-0.3, -0.25) is 9.69 Å². The van der Waals surface area contributed by atoms with Crippen LogP contribution in [0.15, 0.2) is 24.3 Å². The van der Waals surface area contributed by atoms with Crippen molar-refractivity contribution in [3.63, 3.8) is 0 Å². The summed E-state index contributed by atoms with van der Waals surface area (Å²) in [5, 5.41) is 8.76. The molecular weight excluding hydrogens is 214 g/mol. The van der Waals surface area contributed by atoms with E-state index in [9.17, 15) is 4.79 Å². The van der Waals surface area contributed by atoms with Crippen molar-refractivity contribution in [3.05, 3.63) is 35.4 Å². The molecule has 1 heterocycles. The van der Waals surface area contributed by atoms with E-state index in [1.165, 1.54) is 17.5 Å². The van der Waals surface area contributed by atoms with Crippen molar-refractivity contribution in [3.8, 4) is 0 Å². The van der Waals surface area contributed by atoms with Crippen LogP contribution in [-0.2, 0) is 4.79 Å². The van der Waals surface area contributed by atoms with Crippen LogP contribution in [0.5, 0.6) is 0 Å². The molecule has 92 valence electrons. The molecule has 1 aliphatic rings. The normalized spacial score (nSPS) is 20.6. The first-order chi connectivity index (χ1) is 8.18. The van der Waals surface area contributed by atoms with Gasteiger partial charge >= 0.3 is 5.97 Å². The van der Waals surface area contributed by atoms with Gasteiger partial charge in [-0.15, -0.1) is 0 Å². The fraction of sp³-hybridized carbons (Fsp3) is 0.500. The quantitative estimate of drug-likeness (QED) is 0.869. The Balaban J connectivity index is 2.09. The first kappa shape index (κ1) is 12.1. The van der Waals surface area contributed by atoms with Gasteiger partial charge in [0.1, 0.15) is 0 Å². The van der Waals surface area contributed by atoms with E-state index in [4.69, 9.17) is 5.11 Å². The Morgan fingerprint density at radius 1 is 1.47 bits per heavy atom. The van der Waals surface area contributed by atoms with E-state index in [1.54, 1.807) is 0 Å². The van der Waals surface area contributed by atoms with Gasteiger partial charge in [0, 0.05) is 12.6 Å². The van der Waals surface area contributed by atoms with Gasteiger partial charge in [-0.25, -0.2) is 0 Å². The van der Waals surface area contributed by atoms with E-state index in [1.807, 2.05) is 0 Å². The summed E-state index contributed by atoms with van der Waals surface area (Å²) in [6.45, 7) is 3.81. The molecule has 3 heteroatoms. The summed E-state index contributed by atoms with van der Waals surface area (Å²) in [6.07, 6.45) is 2.55. The van der Waals surface area contributed by atoms with Crippen LogP contribution in [0.25, 0.3) is 0 Å². The molecule has 2 rings (SSSR count). The number of carbonyl (C=O) groups is 1. The molecule has 1 aromatic carbocycles. The highest BCUT2D eigenvalue weighted by molar-refractivity contribution is 5.66. The number of rotatable bonds is 4. The Hall–Kier alpha value is -1.35. The number of carboxylic acids is 1. The maximum Gasteiger partial charge on any atom is 0.304 e. The molecule has 1 aliphatic heterocycles. The number of benzene rings is 1. The largest absolute Gasteiger partial charge is 0.481 e. The zero-order valence-electron chi connectivity index (χ0n) is 10.2. The highest BCUT2D eigenvalue weighted by atomic mass is 16.4. The number of hydrogen-bond acceptors (Lipinski definition) is 2. The van der Waals surface area contributed by atoms with Crippen LogP contribution in [0.1, 0.15) is 36.4 Å². The minimum absolute atomic E-state index is 0.238. The van der Waals surface area contributed by atoms with Gasteiger partial charge in [0.15, 0.2) is 0 Å². The van der Waals surface area contributed by atoms with Gasteiger partial charge in [-0.2, -0.15) is 0 Å². The maximum atomic E-state index is 10.6. The molecule has 1 unspecified atom stereocenters. The molecule has 1 saturated heterocycles. The van der Waals surface area contributed by atoms with Crippen LogP contribution < -0.4 is 0 Å². The lowest BCUT2D eigenvalue weighted by Crippen LogP contribution is -2.26. The summed E-state index contributed by atoms with van der Waals surface area (Å²) >= 11 is 0. The number of aliphatic carboxylic acids is 1. The zero-order chi connectivity index (χ0) is 12.3. The summed E-state index contributed by atoms with van der Waals surface area (Å²) in [4.78, 5) is 12.9. The van der Waals surface area contributed by atoms with Crippen LogP contribution in [0.3, 0.4) is 0 Å². The second kappa shape index (κ2) is 5.32. The summed E-state index contributed by atoms with van der Waals surface area (Å²) in [6, 6.07) is 8.82. The molecule has 0 aromatic heterocycles. The molecule has 1 fully saturated rings. The lowest BCUT2D eigenvalue weighted by molar-refractivity contribution is -0.137. The first-order valence-electron chi connectivity index (χ1n) is 6.20. The Morgan fingerprint density at radius 2 is 2.24 bits per heavy atom. The Labute approximate surface area is 102 Å². The molecule has 1 aromatic rings. The van der Waals surface area contributed by atoms with Crippen molar-refractivity contribution >= 4 is 5.97 Å². The van der Waals surface area contributed by atoms with Crippen molar-refractivity contribution in [2.75, 3.05) is 13.1 Å². The van der Waals surface area contributed by atoms with Gasteiger partial charge in [-0.05, 0) is 37.4 Å². The van der Waals surface area contributed by atoms with Crippen molar-refractivity contribution in [2.24, 2.45) is 0 Å². The Kier molecular flexibility index (Phi) is 3.79. The van der Waals surface area contributed by atoms with Crippen LogP contribution >= 0.6 is 0 Å². The van der Waals surface area contributed by atoms with Gasteiger partial charge in [-0.1, -0.05) is 24.3 Å². The van der Waals surface area contributed by atoms with Crippen molar-refractivity contribution in [1.82, 2.24) is 4.90 Å². The van der Waals surface area contributed by atoms with Crippen molar-refractivity contribution < 1.29 is 9.90 Å². The van der Waals surface area contributed by atoms with E-state index >= 15 is 0 Å². The van der Waals surface area contributed by atoms with Gasteiger partial charge in [0.2, 0.25) is 0 Å². The molecule has 0 aliphatic carbocycles. The SMILES string of the molecule is Cc1ccccc1C1CCCN1CCC(=O)O. The number of carboxylic acid groups (broad SMARTS) is 1. The van der Waals surface area contributed by atoms with E-state index in [0.29, 0.717) is 12.6 Å². The molecule has 0 bridgehead atoms. The molecule has 1 N–H and O–H groups in total. The molecule has 0 saturated carbocycles. The average molecular weight is 233 g/mol. The highest BCUT2D eigenvalue weighted by Gasteiger charge is 2.26. The van der Waals surface area contributed by atoms with Crippen LogP contribution in [0.2, 0.25) is 0 Å². The predicted octanol–water partition coefficient (Wildman–Crippen LogP) is 2.61. The monoisotopic (exact) mass is 233 g/mol. The van der Waals surface area contributed by atoms with E-state index in [2.05, 4.69) is 36.1 Å². The van der Waals surface area contributed by atoms with E-state index in [-0.39, 0.29) is 6.42 Å². The molecule has 0 amide bonds. The summed E-state index contributed by atoms with van der Waals surface area (Å²) in [5.74, 6) is -0.708. The first-order valence-corrected chi connectivity index (χ1v) is 6.20. The highest BCUT2D eigenvalue weighted by Crippen LogP contribution is 2.33. The fourth-order valence-corrected chi connectivity index (χ4v) is 2.65. The molecule has 3 nitrogen and oxygen atoms in total. The second-order valence-electron chi connectivity index (χ2n) is 4.69. The summed E-state index contributed by atoms with van der Waals surface area (Å²) in [5.41, 5.74) is 2.66. The van der Waals surface area contributed by atoms with Crippen molar-refractivity contribution in [1.29, 1.82) is 0 Å². The third kappa shape index (κ3) is 2.86. The number of aryl methyl sites for hydroxylation is 1. The third-order valence-electron chi connectivity index (χ3n) is 3.52. The number of nitrogens with zero attached hydrogens (tertiary/aromatic N) is 1. The van der Waals surface area contributed by atoms with Crippen LogP contribution in [-0.4, -0.2) is 29.1 Å². The predicted molar refractivity (Wildman–Crippen MR) is 67.0 cm³/mol. The molecule has 1 atom stereocenters. The molecule has 17 heavy (non-hydrogen) atoms. The Morgan fingerprint density at radius 3 is 2.94 bits per heavy atom. The standard InChI is InChI=1S/C14H19NO2/c1-11-5-2-3-6-12(11)13-7-4-9-15(13)10-8-14(16)17/h2-3,5-6,13H,4,7-10H2,1H3,(H,16,17). The third-order valence-corrected chi connectivity index (χ3v) is 3.52. The van der Waals surface area contributed by atoms with E-state index in [0.717, 1.165) is 13.0 Å².